The number of benzene rings is 1. The van der Waals surface area contributed by atoms with Crippen LogP contribution in [0.5, 0.6) is 5.75 Å². The van der Waals surface area contributed by atoms with Gasteiger partial charge in [-0.1, -0.05) is 29.8 Å². The lowest BCUT2D eigenvalue weighted by Gasteiger charge is -2.21. The van der Waals surface area contributed by atoms with E-state index in [2.05, 4.69) is 41.2 Å². The van der Waals surface area contributed by atoms with E-state index in [1.165, 1.54) is 0 Å². The molecule has 0 aliphatic carbocycles. The van der Waals surface area contributed by atoms with Crippen LogP contribution < -0.4 is 10.1 Å². The standard InChI is InChI=1S/C16H24BrNO2/c1-10(2)12-8-13(17)11(3)7-14(12)20-9-15(19)18-16(4,5)6/h7-8,10H,9H2,1-6H3,(H,18,19). The number of halogens is 1. The van der Waals surface area contributed by atoms with Crippen LogP contribution in [0.1, 0.15) is 51.7 Å². The highest BCUT2D eigenvalue weighted by Gasteiger charge is 2.16. The Balaban J connectivity index is 2.82. The third-order valence-corrected chi connectivity index (χ3v) is 3.64. The van der Waals surface area contributed by atoms with E-state index >= 15 is 0 Å². The van der Waals surface area contributed by atoms with Gasteiger partial charge in [0.1, 0.15) is 5.75 Å². The Morgan fingerprint density at radius 1 is 1.35 bits per heavy atom. The normalized spacial score (nSPS) is 11.6. The van der Waals surface area contributed by atoms with E-state index in [1.54, 1.807) is 0 Å². The highest BCUT2D eigenvalue weighted by molar-refractivity contribution is 9.10. The van der Waals surface area contributed by atoms with Crippen LogP contribution in [-0.2, 0) is 4.79 Å². The molecule has 1 aromatic carbocycles. The molecule has 1 N–H and O–H groups in total. The molecule has 0 spiro atoms. The molecule has 0 saturated carbocycles. The van der Waals surface area contributed by atoms with Gasteiger partial charge in [0.15, 0.2) is 6.61 Å². The van der Waals surface area contributed by atoms with Gasteiger partial charge in [-0.2, -0.15) is 0 Å². The van der Waals surface area contributed by atoms with Gasteiger partial charge in [0.2, 0.25) is 0 Å². The van der Waals surface area contributed by atoms with E-state index < -0.39 is 0 Å². The highest BCUT2D eigenvalue weighted by atomic mass is 79.9. The quantitative estimate of drug-likeness (QED) is 0.892. The van der Waals surface area contributed by atoms with Crippen LogP contribution >= 0.6 is 15.9 Å². The monoisotopic (exact) mass is 341 g/mol. The Kier molecular flexibility index (Phi) is 5.63. The van der Waals surface area contributed by atoms with Crippen molar-refractivity contribution in [2.45, 2.75) is 53.0 Å². The lowest BCUT2D eigenvalue weighted by molar-refractivity contribution is -0.124. The minimum Gasteiger partial charge on any atom is -0.483 e. The predicted molar refractivity (Wildman–Crippen MR) is 86.4 cm³/mol. The Morgan fingerprint density at radius 2 is 1.95 bits per heavy atom. The molecular weight excluding hydrogens is 318 g/mol. The number of aryl methyl sites for hydroxylation is 1. The second-order valence-electron chi connectivity index (χ2n) is 6.38. The summed E-state index contributed by atoms with van der Waals surface area (Å²) in [6, 6.07) is 4.04. The van der Waals surface area contributed by atoms with Crippen molar-refractivity contribution in [1.29, 1.82) is 0 Å². The van der Waals surface area contributed by atoms with E-state index in [1.807, 2.05) is 33.8 Å². The average Bonchev–Trinajstić information content (AvgIpc) is 2.27. The molecule has 0 atom stereocenters. The van der Waals surface area contributed by atoms with Crippen molar-refractivity contribution in [2.24, 2.45) is 0 Å². The Hall–Kier alpha value is -1.03. The van der Waals surface area contributed by atoms with Crippen LogP contribution in [0.25, 0.3) is 0 Å². The number of amides is 1. The highest BCUT2D eigenvalue weighted by Crippen LogP contribution is 2.32. The summed E-state index contributed by atoms with van der Waals surface area (Å²) in [5.41, 5.74) is 1.96. The van der Waals surface area contributed by atoms with Crippen molar-refractivity contribution in [3.05, 3.63) is 27.7 Å². The largest absolute Gasteiger partial charge is 0.483 e. The molecule has 0 saturated heterocycles. The molecule has 20 heavy (non-hydrogen) atoms. The molecule has 3 nitrogen and oxygen atoms in total. The van der Waals surface area contributed by atoms with E-state index in [0.29, 0.717) is 5.92 Å². The van der Waals surface area contributed by atoms with Crippen LogP contribution in [0, 0.1) is 6.92 Å². The molecule has 1 aromatic rings. The molecule has 112 valence electrons. The number of hydrogen-bond acceptors (Lipinski definition) is 2. The van der Waals surface area contributed by atoms with Crippen LogP contribution in [0.15, 0.2) is 16.6 Å². The van der Waals surface area contributed by atoms with Crippen LogP contribution in [0.2, 0.25) is 0 Å². The zero-order valence-corrected chi connectivity index (χ0v) is 14.7. The summed E-state index contributed by atoms with van der Waals surface area (Å²) in [5, 5.41) is 2.89. The number of rotatable bonds is 4. The summed E-state index contributed by atoms with van der Waals surface area (Å²) in [6.07, 6.45) is 0. The SMILES string of the molecule is Cc1cc(OCC(=O)NC(C)(C)C)c(C(C)C)cc1Br. The first-order valence-corrected chi connectivity index (χ1v) is 7.63. The van der Waals surface area contributed by atoms with Crippen LogP contribution in [0.3, 0.4) is 0 Å². The summed E-state index contributed by atoms with van der Waals surface area (Å²) in [6.45, 7) is 12.1. The molecule has 0 aromatic heterocycles. The fraction of sp³-hybridized carbons (Fsp3) is 0.562. The predicted octanol–water partition coefficient (Wildman–Crippen LogP) is 4.17. The Bertz CT molecular complexity index is 490. The van der Waals surface area contributed by atoms with Crippen molar-refractivity contribution >= 4 is 21.8 Å². The van der Waals surface area contributed by atoms with Crippen molar-refractivity contribution in [3.63, 3.8) is 0 Å². The first-order valence-electron chi connectivity index (χ1n) is 6.84. The Morgan fingerprint density at radius 3 is 2.45 bits per heavy atom. The van der Waals surface area contributed by atoms with Gasteiger partial charge in [-0.25, -0.2) is 0 Å². The van der Waals surface area contributed by atoms with Gasteiger partial charge in [-0.05, 0) is 56.9 Å². The third kappa shape index (κ3) is 5.16. The first-order chi connectivity index (χ1) is 9.10. The average molecular weight is 342 g/mol. The van der Waals surface area contributed by atoms with E-state index in [0.717, 1.165) is 21.3 Å². The maximum atomic E-state index is 11.8. The van der Waals surface area contributed by atoms with Gasteiger partial charge >= 0.3 is 0 Å². The maximum absolute atomic E-state index is 11.8. The molecule has 0 heterocycles. The Labute approximate surface area is 130 Å². The molecule has 1 amide bonds. The summed E-state index contributed by atoms with van der Waals surface area (Å²) < 4.78 is 6.77. The molecule has 0 bridgehead atoms. The van der Waals surface area contributed by atoms with Crippen molar-refractivity contribution in [2.75, 3.05) is 6.61 Å². The lowest BCUT2D eigenvalue weighted by Crippen LogP contribution is -2.43. The van der Waals surface area contributed by atoms with Crippen molar-refractivity contribution < 1.29 is 9.53 Å². The summed E-state index contributed by atoms with van der Waals surface area (Å²) in [4.78, 5) is 11.8. The summed E-state index contributed by atoms with van der Waals surface area (Å²) in [5.74, 6) is 1.02. The zero-order chi connectivity index (χ0) is 15.5. The molecule has 1 rings (SSSR count). The van der Waals surface area contributed by atoms with Crippen LogP contribution in [0.4, 0.5) is 0 Å². The number of nitrogens with one attached hydrogen (secondary N) is 1. The summed E-state index contributed by atoms with van der Waals surface area (Å²) >= 11 is 3.53. The minimum atomic E-state index is -0.239. The molecule has 0 radical (unpaired) electrons. The number of ether oxygens (including phenoxy) is 1. The second kappa shape index (κ2) is 6.61. The fourth-order valence-corrected chi connectivity index (χ4v) is 2.21. The molecule has 0 aliphatic heterocycles. The fourth-order valence-electron chi connectivity index (χ4n) is 1.84. The van der Waals surface area contributed by atoms with Crippen LogP contribution in [-0.4, -0.2) is 18.1 Å². The van der Waals surface area contributed by atoms with Gasteiger partial charge in [-0.3, -0.25) is 4.79 Å². The van der Waals surface area contributed by atoms with Gasteiger partial charge in [0.25, 0.3) is 5.91 Å². The molecule has 0 unspecified atom stereocenters. The van der Waals surface area contributed by atoms with Gasteiger partial charge in [-0.15, -0.1) is 0 Å². The van der Waals surface area contributed by atoms with Gasteiger partial charge in [0, 0.05) is 10.0 Å². The lowest BCUT2D eigenvalue weighted by atomic mass is 10.0. The first kappa shape index (κ1) is 17.0. The summed E-state index contributed by atoms with van der Waals surface area (Å²) in [7, 11) is 0. The molecule has 0 fully saturated rings. The smallest absolute Gasteiger partial charge is 0.258 e. The maximum Gasteiger partial charge on any atom is 0.258 e. The van der Waals surface area contributed by atoms with Crippen molar-refractivity contribution in [3.8, 4) is 5.75 Å². The van der Waals surface area contributed by atoms with E-state index in [9.17, 15) is 4.79 Å². The number of hydrogen-bond donors (Lipinski definition) is 1. The van der Waals surface area contributed by atoms with Gasteiger partial charge in [0.05, 0.1) is 0 Å². The number of carbonyl (C=O) groups is 1. The van der Waals surface area contributed by atoms with E-state index in [-0.39, 0.29) is 18.1 Å². The second-order valence-corrected chi connectivity index (χ2v) is 7.24. The number of carbonyl (C=O) groups excluding carboxylic acids is 1. The molecule has 0 aliphatic rings. The topological polar surface area (TPSA) is 38.3 Å². The minimum absolute atomic E-state index is 0.0397. The molecule has 4 heteroatoms. The molecular formula is C16H24BrNO2. The zero-order valence-electron chi connectivity index (χ0n) is 13.1. The van der Waals surface area contributed by atoms with E-state index in [4.69, 9.17) is 4.74 Å². The third-order valence-electron chi connectivity index (χ3n) is 2.79. The van der Waals surface area contributed by atoms with Crippen molar-refractivity contribution in [1.82, 2.24) is 5.32 Å². The van der Waals surface area contributed by atoms with Gasteiger partial charge < -0.3 is 10.1 Å².